The largest absolute Gasteiger partial charge is 0.504 e. The molecular formula is C15H17NO4S2. The predicted molar refractivity (Wildman–Crippen MR) is 91.0 cm³/mol. The fourth-order valence-corrected chi connectivity index (χ4v) is 3.24. The molecule has 0 aliphatic carbocycles. The molecule has 0 unspecified atom stereocenters. The number of hydrogen-bond acceptors (Lipinski definition) is 6. The molecule has 1 saturated heterocycles. The molecule has 1 aromatic carbocycles. The van der Waals surface area contributed by atoms with Crippen molar-refractivity contribution in [3.8, 4) is 11.5 Å². The summed E-state index contributed by atoms with van der Waals surface area (Å²) in [5.41, 5.74) is 0.526. The maximum absolute atomic E-state index is 12.3. The third-order valence-corrected chi connectivity index (χ3v) is 4.39. The van der Waals surface area contributed by atoms with Crippen molar-refractivity contribution in [3.63, 3.8) is 0 Å². The molecule has 1 fully saturated rings. The van der Waals surface area contributed by atoms with Crippen molar-refractivity contribution in [3.05, 3.63) is 28.7 Å². The second-order valence-electron chi connectivity index (χ2n) is 4.45. The van der Waals surface area contributed by atoms with E-state index in [2.05, 4.69) is 0 Å². The monoisotopic (exact) mass is 339 g/mol. The Morgan fingerprint density at radius 2 is 2.23 bits per heavy atom. The first-order valence-electron chi connectivity index (χ1n) is 6.77. The third kappa shape index (κ3) is 3.60. The van der Waals surface area contributed by atoms with E-state index in [4.69, 9.17) is 21.7 Å². The number of carbonyl (C=O) groups is 1. The minimum atomic E-state index is -0.173. The highest BCUT2D eigenvalue weighted by atomic mass is 32.2. The molecule has 1 amide bonds. The summed E-state index contributed by atoms with van der Waals surface area (Å²) < 4.78 is 10.8. The van der Waals surface area contributed by atoms with Gasteiger partial charge in [0.1, 0.15) is 4.32 Å². The van der Waals surface area contributed by atoms with Crippen molar-refractivity contribution >= 4 is 40.3 Å². The number of nitrogens with zero attached hydrogens (tertiary/aromatic N) is 1. The van der Waals surface area contributed by atoms with Gasteiger partial charge in [-0.15, -0.1) is 0 Å². The van der Waals surface area contributed by atoms with Gasteiger partial charge in [0.25, 0.3) is 5.91 Å². The van der Waals surface area contributed by atoms with Crippen molar-refractivity contribution in [2.24, 2.45) is 0 Å². The summed E-state index contributed by atoms with van der Waals surface area (Å²) in [4.78, 5) is 14.3. The van der Waals surface area contributed by atoms with Gasteiger partial charge in [-0.1, -0.05) is 36.1 Å². The zero-order chi connectivity index (χ0) is 16.1. The summed E-state index contributed by atoms with van der Waals surface area (Å²) in [6.07, 6.45) is 1.63. The van der Waals surface area contributed by atoms with Gasteiger partial charge < -0.3 is 14.6 Å². The normalized spacial score (nSPS) is 16.6. The fraction of sp³-hybridized carbons (Fsp3) is 0.333. The van der Waals surface area contributed by atoms with E-state index < -0.39 is 0 Å². The lowest BCUT2D eigenvalue weighted by atomic mass is 10.1. The number of phenols is 1. The SMILES string of the molecule is CCOc1cccc(/C=C2\SC(=S)N(CCOC)C2=O)c1O. The molecule has 118 valence electrons. The molecule has 0 bridgehead atoms. The first-order valence-corrected chi connectivity index (χ1v) is 8.00. The van der Waals surface area contributed by atoms with Crippen molar-refractivity contribution in [1.82, 2.24) is 4.90 Å². The van der Waals surface area contributed by atoms with Gasteiger partial charge in [0.05, 0.1) is 24.7 Å². The molecule has 0 spiro atoms. The summed E-state index contributed by atoms with van der Waals surface area (Å²) in [5, 5.41) is 10.2. The zero-order valence-corrected chi connectivity index (χ0v) is 14.0. The van der Waals surface area contributed by atoms with Crippen molar-refractivity contribution in [2.45, 2.75) is 6.92 Å². The number of hydrogen-bond donors (Lipinski definition) is 1. The number of amides is 1. The van der Waals surface area contributed by atoms with Crippen LogP contribution in [0.2, 0.25) is 0 Å². The van der Waals surface area contributed by atoms with Crippen LogP contribution in [0.25, 0.3) is 6.08 Å². The lowest BCUT2D eigenvalue weighted by molar-refractivity contribution is -0.122. The minimum absolute atomic E-state index is 0.0199. The Labute approximate surface area is 138 Å². The molecule has 7 heteroatoms. The molecule has 1 aliphatic heterocycles. The number of thiocarbonyl (C=S) groups is 1. The van der Waals surface area contributed by atoms with Gasteiger partial charge in [0.15, 0.2) is 11.5 Å². The van der Waals surface area contributed by atoms with E-state index in [1.807, 2.05) is 6.92 Å². The van der Waals surface area contributed by atoms with Crippen LogP contribution in [0.3, 0.4) is 0 Å². The number of aromatic hydroxyl groups is 1. The Balaban J connectivity index is 2.25. The predicted octanol–water partition coefficient (Wildman–Crippen LogP) is 2.64. The van der Waals surface area contributed by atoms with Gasteiger partial charge >= 0.3 is 0 Å². The number of benzene rings is 1. The number of rotatable bonds is 6. The molecule has 0 saturated carbocycles. The second kappa shape index (κ2) is 7.62. The summed E-state index contributed by atoms with van der Waals surface area (Å²) in [7, 11) is 1.57. The van der Waals surface area contributed by atoms with Gasteiger partial charge in [-0.25, -0.2) is 0 Å². The number of methoxy groups -OCH3 is 1. The van der Waals surface area contributed by atoms with Crippen LogP contribution in [0.1, 0.15) is 12.5 Å². The van der Waals surface area contributed by atoms with Crippen LogP contribution in [-0.4, -0.2) is 47.1 Å². The highest BCUT2D eigenvalue weighted by Crippen LogP contribution is 2.36. The molecule has 5 nitrogen and oxygen atoms in total. The fourth-order valence-electron chi connectivity index (χ4n) is 1.94. The molecule has 0 aromatic heterocycles. The molecular weight excluding hydrogens is 322 g/mol. The average Bonchev–Trinajstić information content (AvgIpc) is 2.76. The van der Waals surface area contributed by atoms with Gasteiger partial charge in [-0.2, -0.15) is 0 Å². The minimum Gasteiger partial charge on any atom is -0.504 e. The van der Waals surface area contributed by atoms with E-state index in [1.54, 1.807) is 31.4 Å². The average molecular weight is 339 g/mol. The Morgan fingerprint density at radius 3 is 2.91 bits per heavy atom. The van der Waals surface area contributed by atoms with Crippen LogP contribution in [0.4, 0.5) is 0 Å². The molecule has 1 aromatic rings. The van der Waals surface area contributed by atoms with E-state index in [-0.39, 0.29) is 11.7 Å². The maximum atomic E-state index is 12.3. The van der Waals surface area contributed by atoms with Crippen LogP contribution in [-0.2, 0) is 9.53 Å². The number of ether oxygens (including phenoxy) is 2. The van der Waals surface area contributed by atoms with E-state index in [0.29, 0.717) is 40.3 Å². The van der Waals surface area contributed by atoms with Gasteiger partial charge in [0, 0.05) is 12.7 Å². The summed E-state index contributed by atoms with van der Waals surface area (Å²) in [6, 6.07) is 5.17. The van der Waals surface area contributed by atoms with Gasteiger partial charge in [0.2, 0.25) is 0 Å². The number of para-hydroxylation sites is 1. The molecule has 22 heavy (non-hydrogen) atoms. The lowest BCUT2D eigenvalue weighted by Gasteiger charge is -2.13. The van der Waals surface area contributed by atoms with E-state index in [9.17, 15) is 9.90 Å². The Morgan fingerprint density at radius 1 is 1.45 bits per heavy atom. The Bertz CT molecular complexity index is 616. The molecule has 2 rings (SSSR count). The lowest BCUT2D eigenvalue weighted by Crippen LogP contribution is -2.31. The Kier molecular flexibility index (Phi) is 5.82. The van der Waals surface area contributed by atoms with Crippen molar-refractivity contribution in [2.75, 3.05) is 26.9 Å². The highest BCUT2D eigenvalue weighted by Gasteiger charge is 2.31. The van der Waals surface area contributed by atoms with E-state index >= 15 is 0 Å². The number of thioether (sulfide) groups is 1. The zero-order valence-electron chi connectivity index (χ0n) is 12.4. The van der Waals surface area contributed by atoms with Crippen LogP contribution < -0.4 is 4.74 Å². The summed E-state index contributed by atoms with van der Waals surface area (Å²) >= 11 is 6.43. The van der Waals surface area contributed by atoms with Crippen LogP contribution in [0.15, 0.2) is 23.1 Å². The van der Waals surface area contributed by atoms with E-state index in [1.165, 1.54) is 16.7 Å². The standard InChI is InChI=1S/C15H17NO4S2/c1-3-20-11-6-4-5-10(13(11)17)9-12-14(18)16(7-8-19-2)15(21)22-12/h4-6,9,17H,3,7-8H2,1-2H3/b12-9-. The molecule has 1 aliphatic rings. The van der Waals surface area contributed by atoms with E-state index in [0.717, 1.165) is 0 Å². The summed E-state index contributed by atoms with van der Waals surface area (Å²) in [6.45, 7) is 3.14. The molecule has 1 heterocycles. The van der Waals surface area contributed by atoms with Crippen molar-refractivity contribution < 1.29 is 19.4 Å². The third-order valence-electron chi connectivity index (χ3n) is 3.01. The number of phenolic OH excluding ortho intramolecular Hbond substituents is 1. The van der Waals surface area contributed by atoms with Crippen LogP contribution >= 0.6 is 24.0 Å². The second-order valence-corrected chi connectivity index (χ2v) is 6.13. The smallest absolute Gasteiger partial charge is 0.266 e. The summed E-state index contributed by atoms with van der Waals surface area (Å²) in [5.74, 6) is 0.242. The topological polar surface area (TPSA) is 59.0 Å². The molecule has 0 radical (unpaired) electrons. The van der Waals surface area contributed by atoms with Crippen LogP contribution in [0, 0.1) is 0 Å². The van der Waals surface area contributed by atoms with Crippen molar-refractivity contribution in [1.29, 1.82) is 0 Å². The quantitative estimate of drug-likeness (QED) is 0.635. The van der Waals surface area contributed by atoms with Gasteiger partial charge in [-0.05, 0) is 19.1 Å². The molecule has 0 atom stereocenters. The Hall–Kier alpha value is -1.57. The van der Waals surface area contributed by atoms with Gasteiger partial charge in [-0.3, -0.25) is 9.69 Å². The first kappa shape index (κ1) is 16.8. The maximum Gasteiger partial charge on any atom is 0.266 e. The highest BCUT2D eigenvalue weighted by molar-refractivity contribution is 8.26. The molecule has 1 N–H and O–H groups in total. The first-order chi connectivity index (χ1) is 10.6. The van der Waals surface area contributed by atoms with Crippen LogP contribution in [0.5, 0.6) is 11.5 Å². The number of carbonyl (C=O) groups excluding carboxylic acids is 1.